The maximum atomic E-state index is 5.90. The molecule has 0 unspecified atom stereocenters. The normalized spacial score (nSPS) is 31.1. The van der Waals surface area contributed by atoms with Crippen LogP contribution in [-0.4, -0.2) is 6.04 Å². The first-order chi connectivity index (χ1) is 6.06. The summed E-state index contributed by atoms with van der Waals surface area (Å²) in [6.45, 7) is 6.79. The van der Waals surface area contributed by atoms with Crippen LogP contribution in [0.25, 0.3) is 0 Å². The average molecular weight is 181 g/mol. The van der Waals surface area contributed by atoms with E-state index in [0.29, 0.717) is 11.5 Å². The second-order valence-electron chi connectivity index (χ2n) is 4.93. The van der Waals surface area contributed by atoms with Gasteiger partial charge in [0.1, 0.15) is 0 Å². The average Bonchev–Trinajstić information content (AvgIpc) is 2.05. The second-order valence-corrected chi connectivity index (χ2v) is 4.93. The van der Waals surface area contributed by atoms with Gasteiger partial charge in [0.2, 0.25) is 0 Å². The van der Waals surface area contributed by atoms with Crippen LogP contribution in [0.1, 0.15) is 46.5 Å². The summed E-state index contributed by atoms with van der Waals surface area (Å²) in [5.41, 5.74) is 6.27. The number of hydrogen-bond acceptors (Lipinski definition) is 1. The SMILES string of the molecule is C/C=C\C(C)(C)C1CCC(N)CC1. The molecule has 1 aliphatic carbocycles. The summed E-state index contributed by atoms with van der Waals surface area (Å²) in [5.74, 6) is 0.837. The van der Waals surface area contributed by atoms with E-state index in [9.17, 15) is 0 Å². The van der Waals surface area contributed by atoms with Gasteiger partial charge in [-0.1, -0.05) is 26.0 Å². The van der Waals surface area contributed by atoms with E-state index in [0.717, 1.165) is 5.92 Å². The van der Waals surface area contributed by atoms with E-state index < -0.39 is 0 Å². The summed E-state index contributed by atoms with van der Waals surface area (Å²) >= 11 is 0. The Hall–Kier alpha value is -0.300. The molecule has 1 rings (SSSR count). The van der Waals surface area contributed by atoms with E-state index >= 15 is 0 Å². The summed E-state index contributed by atoms with van der Waals surface area (Å²) in [7, 11) is 0. The van der Waals surface area contributed by atoms with Gasteiger partial charge in [-0.2, -0.15) is 0 Å². The van der Waals surface area contributed by atoms with Crippen molar-refractivity contribution in [1.29, 1.82) is 0 Å². The first kappa shape index (κ1) is 10.8. The van der Waals surface area contributed by atoms with Crippen molar-refractivity contribution >= 4 is 0 Å². The zero-order chi connectivity index (χ0) is 9.90. The monoisotopic (exact) mass is 181 g/mol. The van der Waals surface area contributed by atoms with Crippen LogP contribution >= 0.6 is 0 Å². The van der Waals surface area contributed by atoms with E-state index in [1.54, 1.807) is 0 Å². The van der Waals surface area contributed by atoms with E-state index in [4.69, 9.17) is 5.73 Å². The Morgan fingerprint density at radius 2 is 1.69 bits per heavy atom. The summed E-state index contributed by atoms with van der Waals surface area (Å²) < 4.78 is 0. The zero-order valence-electron chi connectivity index (χ0n) is 9.22. The van der Waals surface area contributed by atoms with E-state index in [1.807, 2.05) is 0 Å². The van der Waals surface area contributed by atoms with Crippen LogP contribution in [0.5, 0.6) is 0 Å². The fourth-order valence-electron chi connectivity index (χ4n) is 2.43. The van der Waals surface area contributed by atoms with Crippen LogP contribution in [0.15, 0.2) is 12.2 Å². The lowest BCUT2D eigenvalue weighted by atomic mass is 9.70. The molecule has 0 aromatic heterocycles. The van der Waals surface area contributed by atoms with Gasteiger partial charge in [0.05, 0.1) is 0 Å². The zero-order valence-corrected chi connectivity index (χ0v) is 9.22. The fraction of sp³-hybridized carbons (Fsp3) is 0.833. The molecule has 0 saturated heterocycles. The maximum absolute atomic E-state index is 5.90. The highest BCUT2D eigenvalue weighted by molar-refractivity contribution is 4.98. The van der Waals surface area contributed by atoms with Gasteiger partial charge in [-0.15, -0.1) is 0 Å². The third-order valence-corrected chi connectivity index (χ3v) is 3.42. The smallest absolute Gasteiger partial charge is 0.00390 e. The molecule has 0 radical (unpaired) electrons. The second kappa shape index (κ2) is 4.28. The van der Waals surface area contributed by atoms with Crippen molar-refractivity contribution in [1.82, 2.24) is 0 Å². The number of allylic oxidation sites excluding steroid dienone is 2. The lowest BCUT2D eigenvalue weighted by Crippen LogP contribution is -2.32. The standard InChI is InChI=1S/C12H23N/c1-4-9-12(2,3)10-5-7-11(13)8-6-10/h4,9-11H,5-8,13H2,1-3H3/b9-4-. The molecular weight excluding hydrogens is 158 g/mol. The Morgan fingerprint density at radius 3 is 2.15 bits per heavy atom. The van der Waals surface area contributed by atoms with Gasteiger partial charge in [0.25, 0.3) is 0 Å². The topological polar surface area (TPSA) is 26.0 Å². The van der Waals surface area contributed by atoms with Crippen molar-refractivity contribution in [2.45, 2.75) is 52.5 Å². The van der Waals surface area contributed by atoms with Crippen molar-refractivity contribution in [3.63, 3.8) is 0 Å². The summed E-state index contributed by atoms with van der Waals surface area (Å²) in [5, 5.41) is 0. The van der Waals surface area contributed by atoms with Crippen LogP contribution in [0, 0.1) is 11.3 Å². The molecule has 0 aliphatic heterocycles. The quantitative estimate of drug-likeness (QED) is 0.651. The third-order valence-electron chi connectivity index (χ3n) is 3.42. The van der Waals surface area contributed by atoms with Crippen LogP contribution in [0.3, 0.4) is 0 Å². The molecule has 1 heteroatoms. The van der Waals surface area contributed by atoms with Crippen molar-refractivity contribution < 1.29 is 0 Å². The Labute approximate surface area is 82.4 Å². The van der Waals surface area contributed by atoms with Gasteiger partial charge in [-0.25, -0.2) is 0 Å². The summed E-state index contributed by atoms with van der Waals surface area (Å²) in [6.07, 6.45) is 9.55. The van der Waals surface area contributed by atoms with E-state index in [1.165, 1.54) is 25.7 Å². The van der Waals surface area contributed by atoms with Crippen LogP contribution < -0.4 is 5.73 Å². The van der Waals surface area contributed by atoms with E-state index in [2.05, 4.69) is 32.9 Å². The van der Waals surface area contributed by atoms with Crippen molar-refractivity contribution in [3.8, 4) is 0 Å². The molecular formula is C12H23N. The molecule has 0 atom stereocenters. The highest BCUT2D eigenvalue weighted by Gasteiger charge is 2.29. The van der Waals surface area contributed by atoms with Gasteiger partial charge in [-0.05, 0) is 43.9 Å². The first-order valence-corrected chi connectivity index (χ1v) is 5.45. The number of hydrogen-bond donors (Lipinski definition) is 1. The van der Waals surface area contributed by atoms with Crippen molar-refractivity contribution in [2.75, 3.05) is 0 Å². The molecule has 76 valence electrons. The molecule has 1 fully saturated rings. The molecule has 1 aliphatic rings. The lowest BCUT2D eigenvalue weighted by molar-refractivity contribution is 0.198. The summed E-state index contributed by atoms with van der Waals surface area (Å²) in [6, 6.07) is 0.470. The Kier molecular flexibility index (Phi) is 3.55. The minimum atomic E-state index is 0.370. The molecule has 0 aromatic rings. The largest absolute Gasteiger partial charge is 0.328 e. The lowest BCUT2D eigenvalue weighted by Gasteiger charge is -2.36. The van der Waals surface area contributed by atoms with Crippen molar-refractivity contribution in [2.24, 2.45) is 17.1 Å². The molecule has 1 nitrogen and oxygen atoms in total. The predicted molar refractivity (Wildman–Crippen MR) is 58.5 cm³/mol. The molecule has 2 N–H and O–H groups in total. The molecule has 0 spiro atoms. The number of rotatable bonds is 2. The van der Waals surface area contributed by atoms with E-state index in [-0.39, 0.29) is 0 Å². The Balaban J connectivity index is 2.52. The maximum Gasteiger partial charge on any atom is 0.00390 e. The molecule has 0 aromatic carbocycles. The Bertz CT molecular complexity index is 174. The first-order valence-electron chi connectivity index (χ1n) is 5.45. The number of nitrogens with two attached hydrogens (primary N) is 1. The minimum Gasteiger partial charge on any atom is -0.328 e. The van der Waals surface area contributed by atoms with Crippen LogP contribution in [0.4, 0.5) is 0 Å². The van der Waals surface area contributed by atoms with Crippen LogP contribution in [-0.2, 0) is 0 Å². The molecule has 0 heterocycles. The van der Waals surface area contributed by atoms with Gasteiger partial charge in [0, 0.05) is 6.04 Å². The molecule has 13 heavy (non-hydrogen) atoms. The fourth-order valence-corrected chi connectivity index (χ4v) is 2.43. The van der Waals surface area contributed by atoms with Gasteiger partial charge in [-0.3, -0.25) is 0 Å². The third kappa shape index (κ3) is 2.84. The van der Waals surface area contributed by atoms with Gasteiger partial charge >= 0.3 is 0 Å². The Morgan fingerprint density at radius 1 is 1.15 bits per heavy atom. The molecule has 0 bridgehead atoms. The predicted octanol–water partition coefficient (Wildman–Crippen LogP) is 3.11. The minimum absolute atomic E-state index is 0.370. The summed E-state index contributed by atoms with van der Waals surface area (Å²) in [4.78, 5) is 0. The highest BCUT2D eigenvalue weighted by atomic mass is 14.6. The van der Waals surface area contributed by atoms with Crippen LogP contribution in [0.2, 0.25) is 0 Å². The van der Waals surface area contributed by atoms with Gasteiger partial charge < -0.3 is 5.73 Å². The molecule has 1 saturated carbocycles. The molecule has 0 amide bonds. The highest BCUT2D eigenvalue weighted by Crippen LogP contribution is 2.38. The van der Waals surface area contributed by atoms with Gasteiger partial charge in [0.15, 0.2) is 0 Å². The van der Waals surface area contributed by atoms with Crippen molar-refractivity contribution in [3.05, 3.63) is 12.2 Å².